The third-order valence-electron chi connectivity index (χ3n) is 5.68. The Hall–Kier alpha value is -3.87. The zero-order valence-corrected chi connectivity index (χ0v) is 27.8. The lowest BCUT2D eigenvalue weighted by molar-refractivity contribution is 0.0482. The van der Waals surface area contributed by atoms with Crippen molar-refractivity contribution in [2.45, 2.75) is 98.5 Å². The van der Waals surface area contributed by atoms with Crippen molar-refractivity contribution in [1.29, 1.82) is 0 Å². The standard InChI is InChI=1S/C31H46N4O8S/c1-9-40-25(36)24-21(2)33-26(44-24)35(29(39)43-31(6,7)8)19-23(34-28(38)42-30(3,4)5)17-13-14-18-32-27(37)41-20-22-15-11-10-12-16-22/h10-12,15-16,23H,9,13-14,17-20H2,1-8H3,(H,32,37)(H,34,38)/t23-/m0/s1. The lowest BCUT2D eigenvalue weighted by Gasteiger charge is -2.30. The number of amides is 3. The fraction of sp³-hybridized carbons (Fsp3) is 0.581. The molecule has 2 rings (SSSR count). The van der Waals surface area contributed by atoms with E-state index in [1.165, 1.54) is 4.90 Å². The Morgan fingerprint density at radius 3 is 2.20 bits per heavy atom. The third kappa shape index (κ3) is 13.6. The van der Waals surface area contributed by atoms with Gasteiger partial charge in [-0.25, -0.2) is 24.2 Å². The van der Waals surface area contributed by atoms with E-state index in [9.17, 15) is 19.2 Å². The SMILES string of the molecule is CCOC(=O)c1sc(N(C[C@H](CCCCNC(=O)OCc2ccccc2)NC(=O)OC(C)(C)C)C(=O)OC(C)(C)C)nc1C. The summed E-state index contributed by atoms with van der Waals surface area (Å²) in [6.07, 6.45) is -0.230. The maximum absolute atomic E-state index is 13.4. The fourth-order valence-corrected chi connectivity index (χ4v) is 4.78. The van der Waals surface area contributed by atoms with E-state index in [2.05, 4.69) is 15.6 Å². The van der Waals surface area contributed by atoms with Gasteiger partial charge in [0.05, 0.1) is 24.9 Å². The number of alkyl carbamates (subject to hydrolysis) is 2. The topological polar surface area (TPSA) is 145 Å². The van der Waals surface area contributed by atoms with Gasteiger partial charge in [-0.1, -0.05) is 41.7 Å². The van der Waals surface area contributed by atoms with Crippen LogP contribution in [0, 0.1) is 6.92 Å². The molecule has 13 heteroatoms. The molecular weight excluding hydrogens is 588 g/mol. The zero-order valence-electron chi connectivity index (χ0n) is 27.0. The van der Waals surface area contributed by atoms with Gasteiger partial charge in [-0.15, -0.1) is 0 Å². The molecule has 1 aromatic carbocycles. The Kier molecular flexibility index (Phi) is 13.9. The summed E-state index contributed by atoms with van der Waals surface area (Å²) in [6.45, 7) is 14.6. The highest BCUT2D eigenvalue weighted by atomic mass is 32.1. The average Bonchev–Trinajstić information content (AvgIpc) is 3.29. The number of unbranched alkanes of at least 4 members (excludes halogenated alkanes) is 1. The Balaban J connectivity index is 2.14. The maximum atomic E-state index is 13.4. The van der Waals surface area contributed by atoms with Crippen LogP contribution in [0.15, 0.2) is 30.3 Å². The lowest BCUT2D eigenvalue weighted by Crippen LogP contribution is -2.48. The maximum Gasteiger partial charge on any atom is 0.416 e. The second-order valence-corrected chi connectivity index (χ2v) is 13.0. The molecule has 2 N–H and O–H groups in total. The minimum atomic E-state index is -0.805. The summed E-state index contributed by atoms with van der Waals surface area (Å²) in [7, 11) is 0. The van der Waals surface area contributed by atoms with Crippen LogP contribution in [-0.4, -0.2) is 66.2 Å². The van der Waals surface area contributed by atoms with Gasteiger partial charge in [0.2, 0.25) is 0 Å². The summed E-state index contributed by atoms with van der Waals surface area (Å²) >= 11 is 1.01. The number of anilines is 1. The summed E-state index contributed by atoms with van der Waals surface area (Å²) < 4.78 is 21.5. The number of benzene rings is 1. The molecule has 1 heterocycles. The highest BCUT2D eigenvalue weighted by molar-refractivity contribution is 7.17. The van der Waals surface area contributed by atoms with E-state index < -0.39 is 41.5 Å². The largest absolute Gasteiger partial charge is 0.462 e. The summed E-state index contributed by atoms with van der Waals surface area (Å²) in [5.74, 6) is -0.531. The number of nitrogens with one attached hydrogen (secondary N) is 2. The normalized spacial score (nSPS) is 12.1. The smallest absolute Gasteiger partial charge is 0.416 e. The molecule has 0 bridgehead atoms. The first-order valence-electron chi connectivity index (χ1n) is 14.7. The third-order valence-corrected chi connectivity index (χ3v) is 6.84. The van der Waals surface area contributed by atoms with E-state index in [1.807, 2.05) is 30.3 Å². The van der Waals surface area contributed by atoms with Crippen molar-refractivity contribution in [3.05, 3.63) is 46.5 Å². The molecule has 0 radical (unpaired) electrons. The first kappa shape index (κ1) is 36.3. The molecule has 244 valence electrons. The zero-order chi connectivity index (χ0) is 32.9. The summed E-state index contributed by atoms with van der Waals surface area (Å²) in [6, 6.07) is 8.80. The number of hydrogen-bond acceptors (Lipinski definition) is 10. The minimum Gasteiger partial charge on any atom is -0.462 e. The molecule has 44 heavy (non-hydrogen) atoms. The van der Waals surface area contributed by atoms with Gasteiger partial charge in [0, 0.05) is 6.54 Å². The molecule has 0 saturated carbocycles. The summed E-state index contributed by atoms with van der Waals surface area (Å²) in [4.78, 5) is 56.8. The van der Waals surface area contributed by atoms with Crippen LogP contribution >= 0.6 is 11.3 Å². The van der Waals surface area contributed by atoms with Crippen molar-refractivity contribution >= 4 is 40.7 Å². The predicted octanol–water partition coefficient (Wildman–Crippen LogP) is 6.36. The van der Waals surface area contributed by atoms with Crippen molar-refractivity contribution in [1.82, 2.24) is 15.6 Å². The van der Waals surface area contributed by atoms with Gasteiger partial charge in [0.15, 0.2) is 5.13 Å². The fourth-order valence-electron chi connectivity index (χ4n) is 3.82. The van der Waals surface area contributed by atoms with E-state index in [0.717, 1.165) is 16.9 Å². The number of thiazole rings is 1. The Morgan fingerprint density at radius 1 is 0.932 bits per heavy atom. The number of hydrogen-bond donors (Lipinski definition) is 2. The minimum absolute atomic E-state index is 0.00405. The van der Waals surface area contributed by atoms with Gasteiger partial charge in [-0.2, -0.15) is 0 Å². The van der Waals surface area contributed by atoms with E-state index in [0.29, 0.717) is 31.5 Å². The number of esters is 1. The second-order valence-electron chi connectivity index (χ2n) is 12.0. The molecular formula is C31H46N4O8S. The number of ether oxygens (including phenoxy) is 4. The lowest BCUT2D eigenvalue weighted by atomic mass is 10.1. The Labute approximate surface area is 263 Å². The summed E-state index contributed by atoms with van der Waals surface area (Å²) in [5.41, 5.74) is -0.234. The number of aryl methyl sites for hydroxylation is 1. The van der Waals surface area contributed by atoms with Crippen LogP contribution in [0.5, 0.6) is 0 Å². The average molecular weight is 635 g/mol. The van der Waals surface area contributed by atoms with Crippen LogP contribution in [0.3, 0.4) is 0 Å². The molecule has 3 amide bonds. The molecule has 0 unspecified atom stereocenters. The van der Waals surface area contributed by atoms with E-state index in [-0.39, 0.29) is 29.8 Å². The molecule has 0 fully saturated rings. The van der Waals surface area contributed by atoms with Crippen LogP contribution in [0.4, 0.5) is 19.5 Å². The van der Waals surface area contributed by atoms with Gasteiger partial charge in [0.25, 0.3) is 0 Å². The molecule has 0 saturated heterocycles. The first-order chi connectivity index (χ1) is 20.6. The molecule has 2 aromatic rings. The second kappa shape index (κ2) is 16.8. The van der Waals surface area contributed by atoms with E-state index >= 15 is 0 Å². The van der Waals surface area contributed by atoms with Crippen LogP contribution in [0.25, 0.3) is 0 Å². The van der Waals surface area contributed by atoms with Crippen LogP contribution in [0.2, 0.25) is 0 Å². The molecule has 0 aliphatic carbocycles. The van der Waals surface area contributed by atoms with Crippen molar-refractivity contribution in [2.75, 3.05) is 24.6 Å². The first-order valence-corrected chi connectivity index (χ1v) is 15.5. The van der Waals surface area contributed by atoms with Crippen molar-refractivity contribution in [2.24, 2.45) is 0 Å². The van der Waals surface area contributed by atoms with E-state index in [4.69, 9.17) is 18.9 Å². The molecule has 0 aliphatic rings. The van der Waals surface area contributed by atoms with Gasteiger partial charge in [-0.05, 0) is 80.2 Å². The molecule has 1 atom stereocenters. The monoisotopic (exact) mass is 634 g/mol. The molecule has 0 aliphatic heterocycles. The number of rotatable bonds is 13. The Morgan fingerprint density at radius 2 is 1.59 bits per heavy atom. The highest BCUT2D eigenvalue weighted by Gasteiger charge is 2.31. The number of carbonyl (C=O) groups is 4. The number of carbonyl (C=O) groups excluding carboxylic acids is 4. The predicted molar refractivity (Wildman–Crippen MR) is 168 cm³/mol. The van der Waals surface area contributed by atoms with Gasteiger partial charge < -0.3 is 29.6 Å². The molecule has 12 nitrogen and oxygen atoms in total. The van der Waals surface area contributed by atoms with Crippen LogP contribution in [-0.2, 0) is 25.6 Å². The number of aromatic nitrogens is 1. The highest BCUT2D eigenvalue weighted by Crippen LogP contribution is 2.29. The van der Waals surface area contributed by atoms with Crippen molar-refractivity contribution in [3.8, 4) is 0 Å². The molecule has 1 aromatic heterocycles. The van der Waals surface area contributed by atoms with Gasteiger partial charge in [0.1, 0.15) is 22.7 Å². The molecule has 0 spiro atoms. The Bertz CT molecular complexity index is 1240. The quantitative estimate of drug-likeness (QED) is 0.146. The van der Waals surface area contributed by atoms with Crippen molar-refractivity contribution < 1.29 is 38.1 Å². The van der Waals surface area contributed by atoms with Gasteiger partial charge >= 0.3 is 24.2 Å². The summed E-state index contributed by atoms with van der Waals surface area (Å²) in [5, 5.41) is 5.82. The van der Waals surface area contributed by atoms with Crippen LogP contribution in [0.1, 0.15) is 88.7 Å². The number of nitrogens with zero attached hydrogens (tertiary/aromatic N) is 2. The van der Waals surface area contributed by atoms with Crippen molar-refractivity contribution in [3.63, 3.8) is 0 Å². The van der Waals surface area contributed by atoms with Gasteiger partial charge in [-0.3, -0.25) is 4.90 Å². The van der Waals surface area contributed by atoms with E-state index in [1.54, 1.807) is 55.4 Å². The van der Waals surface area contributed by atoms with Crippen LogP contribution < -0.4 is 15.5 Å².